The van der Waals surface area contributed by atoms with Crippen LogP contribution < -0.4 is 10.1 Å². The van der Waals surface area contributed by atoms with E-state index in [9.17, 15) is 0 Å². The van der Waals surface area contributed by atoms with Gasteiger partial charge in [-0.2, -0.15) is 0 Å². The van der Waals surface area contributed by atoms with Crippen LogP contribution in [-0.4, -0.2) is 19.2 Å². The van der Waals surface area contributed by atoms with Crippen molar-refractivity contribution in [3.8, 4) is 5.75 Å². The highest BCUT2D eigenvalue weighted by Crippen LogP contribution is 2.38. The van der Waals surface area contributed by atoms with E-state index in [0.717, 1.165) is 12.3 Å². The molecule has 1 unspecified atom stereocenters. The summed E-state index contributed by atoms with van der Waals surface area (Å²) in [5.74, 6) is 1.61. The van der Waals surface area contributed by atoms with Gasteiger partial charge in [0, 0.05) is 18.0 Å². The van der Waals surface area contributed by atoms with E-state index >= 15 is 0 Å². The first-order valence-electron chi connectivity index (χ1n) is 5.86. The Hall–Kier alpha value is -1.02. The van der Waals surface area contributed by atoms with Crippen molar-refractivity contribution < 1.29 is 4.74 Å². The van der Waals surface area contributed by atoms with Crippen LogP contribution in [0.5, 0.6) is 5.75 Å². The highest BCUT2D eigenvalue weighted by atomic mass is 16.5. The van der Waals surface area contributed by atoms with Crippen molar-refractivity contribution in [1.29, 1.82) is 0 Å². The summed E-state index contributed by atoms with van der Waals surface area (Å²) in [7, 11) is 1.73. The predicted octanol–water partition coefficient (Wildman–Crippen LogP) is 2.78. The number of benzene rings is 1. The minimum Gasteiger partial charge on any atom is -0.496 e. The van der Waals surface area contributed by atoms with Gasteiger partial charge < -0.3 is 10.1 Å². The maximum atomic E-state index is 5.35. The van der Waals surface area contributed by atoms with Gasteiger partial charge in [-0.05, 0) is 50.5 Å². The smallest absolute Gasteiger partial charge is 0.122 e. The van der Waals surface area contributed by atoms with Gasteiger partial charge in [-0.3, -0.25) is 0 Å². The molecule has 88 valence electrons. The zero-order valence-corrected chi connectivity index (χ0v) is 10.8. The van der Waals surface area contributed by atoms with Gasteiger partial charge in [0.15, 0.2) is 0 Å². The van der Waals surface area contributed by atoms with E-state index in [-0.39, 0.29) is 5.54 Å². The van der Waals surface area contributed by atoms with Crippen molar-refractivity contribution in [2.24, 2.45) is 0 Å². The molecule has 0 aliphatic carbocycles. The molecule has 0 spiro atoms. The van der Waals surface area contributed by atoms with Gasteiger partial charge in [0.25, 0.3) is 0 Å². The third-order valence-corrected chi connectivity index (χ3v) is 3.79. The van der Waals surface area contributed by atoms with Crippen LogP contribution in [-0.2, 0) is 0 Å². The molecule has 1 aliphatic heterocycles. The molecule has 2 nitrogen and oxygen atoms in total. The molecule has 1 fully saturated rings. The van der Waals surface area contributed by atoms with E-state index in [1.54, 1.807) is 7.11 Å². The summed E-state index contributed by atoms with van der Waals surface area (Å²) in [5.41, 5.74) is 4.25. The van der Waals surface area contributed by atoms with Gasteiger partial charge in [0.2, 0.25) is 0 Å². The summed E-state index contributed by atoms with van der Waals surface area (Å²) < 4.78 is 5.35. The Morgan fingerprint density at radius 1 is 1.25 bits per heavy atom. The van der Waals surface area contributed by atoms with E-state index in [4.69, 9.17) is 4.74 Å². The maximum Gasteiger partial charge on any atom is 0.122 e. The standard InChI is InChI=1S/C14H21NO/c1-9-7-13(16-5)10(2)6-11(9)12-8-15-14(12,3)4/h6-7,12,15H,8H2,1-5H3. The second-order valence-corrected chi connectivity index (χ2v) is 5.33. The summed E-state index contributed by atoms with van der Waals surface area (Å²) in [6, 6.07) is 4.43. The molecule has 1 heterocycles. The van der Waals surface area contributed by atoms with E-state index < -0.39 is 0 Å². The first kappa shape index (κ1) is 11.5. The Morgan fingerprint density at radius 3 is 2.38 bits per heavy atom. The van der Waals surface area contributed by atoms with Crippen molar-refractivity contribution >= 4 is 0 Å². The molecule has 0 radical (unpaired) electrons. The molecule has 1 aliphatic rings. The van der Waals surface area contributed by atoms with Gasteiger partial charge in [0.05, 0.1) is 7.11 Å². The summed E-state index contributed by atoms with van der Waals surface area (Å²) in [5, 5.41) is 3.48. The molecule has 16 heavy (non-hydrogen) atoms. The molecular formula is C14H21NO. The van der Waals surface area contributed by atoms with Gasteiger partial charge in [-0.15, -0.1) is 0 Å². The molecule has 1 N–H and O–H groups in total. The minimum atomic E-state index is 0.228. The van der Waals surface area contributed by atoms with Crippen LogP contribution in [0.15, 0.2) is 12.1 Å². The van der Waals surface area contributed by atoms with E-state index in [2.05, 4.69) is 45.1 Å². The van der Waals surface area contributed by atoms with Crippen molar-refractivity contribution in [2.45, 2.75) is 39.2 Å². The van der Waals surface area contributed by atoms with Gasteiger partial charge in [0.1, 0.15) is 5.75 Å². The number of methoxy groups -OCH3 is 1. The number of rotatable bonds is 2. The molecule has 1 aromatic carbocycles. The molecule has 1 saturated heterocycles. The second kappa shape index (κ2) is 3.77. The molecular weight excluding hydrogens is 198 g/mol. The lowest BCUT2D eigenvalue weighted by molar-refractivity contribution is 0.207. The van der Waals surface area contributed by atoms with E-state index in [0.29, 0.717) is 5.92 Å². The first-order valence-corrected chi connectivity index (χ1v) is 5.86. The van der Waals surface area contributed by atoms with Crippen LogP contribution in [0.1, 0.15) is 36.5 Å². The molecule has 1 aromatic rings. The van der Waals surface area contributed by atoms with E-state index in [1.807, 2.05) is 0 Å². The lowest BCUT2D eigenvalue weighted by Crippen LogP contribution is -2.59. The normalized spacial score (nSPS) is 22.7. The first-order chi connectivity index (χ1) is 7.45. The highest BCUT2D eigenvalue weighted by Gasteiger charge is 2.39. The fourth-order valence-corrected chi connectivity index (χ4v) is 2.52. The number of nitrogens with one attached hydrogen (secondary N) is 1. The second-order valence-electron chi connectivity index (χ2n) is 5.33. The SMILES string of the molecule is COc1cc(C)c(C2CNC2(C)C)cc1C. The van der Waals surface area contributed by atoms with Crippen LogP contribution in [0.2, 0.25) is 0 Å². The maximum absolute atomic E-state index is 5.35. The lowest BCUT2D eigenvalue weighted by Gasteiger charge is -2.47. The van der Waals surface area contributed by atoms with Crippen LogP contribution >= 0.6 is 0 Å². The summed E-state index contributed by atoms with van der Waals surface area (Å²) in [4.78, 5) is 0. The monoisotopic (exact) mass is 219 g/mol. The third kappa shape index (κ3) is 1.71. The summed E-state index contributed by atoms with van der Waals surface area (Å²) in [6.07, 6.45) is 0. The Morgan fingerprint density at radius 2 is 1.94 bits per heavy atom. The lowest BCUT2D eigenvalue weighted by atomic mass is 9.73. The van der Waals surface area contributed by atoms with Crippen LogP contribution in [0.4, 0.5) is 0 Å². The predicted molar refractivity (Wildman–Crippen MR) is 67.3 cm³/mol. The zero-order chi connectivity index (χ0) is 11.9. The van der Waals surface area contributed by atoms with E-state index in [1.165, 1.54) is 16.7 Å². The quantitative estimate of drug-likeness (QED) is 0.826. The number of ether oxygens (including phenoxy) is 1. The number of hydrogen-bond acceptors (Lipinski definition) is 2. The number of aryl methyl sites for hydroxylation is 2. The molecule has 2 rings (SSSR count). The average molecular weight is 219 g/mol. The average Bonchev–Trinajstić information content (AvgIpc) is 2.21. The van der Waals surface area contributed by atoms with Crippen molar-refractivity contribution in [1.82, 2.24) is 5.32 Å². The fraction of sp³-hybridized carbons (Fsp3) is 0.571. The minimum absolute atomic E-state index is 0.228. The molecule has 0 aromatic heterocycles. The highest BCUT2D eigenvalue weighted by molar-refractivity contribution is 5.45. The van der Waals surface area contributed by atoms with Crippen LogP contribution in [0, 0.1) is 13.8 Å². The fourth-order valence-electron chi connectivity index (χ4n) is 2.52. The Kier molecular flexibility index (Phi) is 2.70. The summed E-state index contributed by atoms with van der Waals surface area (Å²) >= 11 is 0. The third-order valence-electron chi connectivity index (χ3n) is 3.79. The van der Waals surface area contributed by atoms with Gasteiger partial charge in [-0.1, -0.05) is 6.07 Å². The van der Waals surface area contributed by atoms with Gasteiger partial charge >= 0.3 is 0 Å². The topological polar surface area (TPSA) is 21.3 Å². The Labute approximate surface area is 98.0 Å². The molecule has 0 saturated carbocycles. The van der Waals surface area contributed by atoms with Crippen molar-refractivity contribution in [3.63, 3.8) is 0 Å². The molecule has 2 heteroatoms. The van der Waals surface area contributed by atoms with Crippen LogP contribution in [0.3, 0.4) is 0 Å². The number of hydrogen-bond donors (Lipinski definition) is 1. The van der Waals surface area contributed by atoms with Crippen LogP contribution in [0.25, 0.3) is 0 Å². The largest absolute Gasteiger partial charge is 0.496 e. The Balaban J connectivity index is 2.39. The summed E-state index contributed by atoms with van der Waals surface area (Å²) in [6.45, 7) is 9.90. The molecule has 0 amide bonds. The zero-order valence-electron chi connectivity index (χ0n) is 10.8. The molecule has 0 bridgehead atoms. The van der Waals surface area contributed by atoms with Crippen molar-refractivity contribution in [3.05, 3.63) is 28.8 Å². The van der Waals surface area contributed by atoms with Crippen molar-refractivity contribution in [2.75, 3.05) is 13.7 Å². The Bertz CT molecular complexity index is 409. The molecule has 1 atom stereocenters. The van der Waals surface area contributed by atoms with Gasteiger partial charge in [-0.25, -0.2) is 0 Å².